The molecule has 0 aliphatic carbocycles. The number of benzene rings is 2. The van der Waals surface area contributed by atoms with Gasteiger partial charge in [0.05, 0.1) is 30.6 Å². The molecule has 3 aromatic rings. The van der Waals surface area contributed by atoms with E-state index in [1.54, 1.807) is 65.8 Å². The van der Waals surface area contributed by atoms with E-state index in [9.17, 15) is 22.8 Å². The summed E-state index contributed by atoms with van der Waals surface area (Å²) < 4.78 is 60.6. The van der Waals surface area contributed by atoms with E-state index in [0.29, 0.717) is 24.3 Å². The summed E-state index contributed by atoms with van der Waals surface area (Å²) in [6, 6.07) is 9.96. The second-order valence-electron chi connectivity index (χ2n) is 13.1. The van der Waals surface area contributed by atoms with Crippen LogP contribution in [0.25, 0.3) is 0 Å². The molecule has 50 heavy (non-hydrogen) atoms. The first-order valence-corrected chi connectivity index (χ1v) is 18.4. The van der Waals surface area contributed by atoms with Gasteiger partial charge in [0.25, 0.3) is 10.0 Å². The Morgan fingerprint density at radius 3 is 2.24 bits per heavy atom. The molecule has 0 amide bonds. The van der Waals surface area contributed by atoms with Gasteiger partial charge in [-0.3, -0.25) is 13.9 Å². The molecule has 0 aliphatic rings. The third kappa shape index (κ3) is 12.3. The average molecular weight is 751 g/mol. The molecule has 1 aromatic heterocycles. The number of nitrogens with one attached hydrogen (secondary N) is 2. The first kappa shape index (κ1) is 40.3. The smallest absolute Gasteiger partial charge is 0.360 e. The number of nitrogens with zero attached hydrogens (tertiary/aromatic N) is 2. The lowest BCUT2D eigenvalue weighted by Gasteiger charge is -2.25. The number of ketones is 1. The van der Waals surface area contributed by atoms with Gasteiger partial charge in [-0.1, -0.05) is 18.2 Å². The van der Waals surface area contributed by atoms with Gasteiger partial charge < -0.3 is 24.8 Å². The summed E-state index contributed by atoms with van der Waals surface area (Å²) in [4.78, 5) is 41.2. The molecule has 272 valence electrons. The summed E-state index contributed by atoms with van der Waals surface area (Å²) in [7, 11) is -2.98. The molecule has 0 saturated heterocycles. The van der Waals surface area contributed by atoms with Crippen molar-refractivity contribution in [1.82, 2.24) is 15.6 Å². The minimum absolute atomic E-state index is 0.00442. The van der Waals surface area contributed by atoms with Gasteiger partial charge in [-0.15, -0.1) is 11.3 Å². The lowest BCUT2D eigenvalue weighted by molar-refractivity contribution is -0.154. The van der Waals surface area contributed by atoms with Crippen molar-refractivity contribution < 1.29 is 41.4 Å². The van der Waals surface area contributed by atoms with E-state index in [2.05, 4.69) is 15.6 Å². The van der Waals surface area contributed by atoms with Gasteiger partial charge in [-0.05, 0) is 95.6 Å². The number of rotatable bonds is 15. The lowest BCUT2D eigenvalue weighted by Crippen LogP contribution is -2.39. The predicted molar refractivity (Wildman–Crippen MR) is 192 cm³/mol. The maximum Gasteiger partial charge on any atom is 0.360 e. The van der Waals surface area contributed by atoms with Crippen molar-refractivity contribution in [1.29, 1.82) is 0 Å². The van der Waals surface area contributed by atoms with Crippen molar-refractivity contribution >= 4 is 61.4 Å². The Bertz CT molecular complexity index is 1780. The molecule has 0 saturated carbocycles. The maximum absolute atomic E-state index is 15.4. The molecular formula is C34H43FN4O8S3. The third-order valence-electron chi connectivity index (χ3n) is 6.56. The SMILES string of the molecule is COc1ccc(CN(c2scnc2C(=O)OC(C)(C)C)S(=O)(=O)c2ccc(CC(=O)CNC(=S)NCCCC(=O)OC(C)(C)C)c(F)c2)cc1. The lowest BCUT2D eigenvalue weighted by atomic mass is 10.1. The minimum atomic E-state index is -4.48. The van der Waals surface area contributed by atoms with Gasteiger partial charge in [-0.25, -0.2) is 22.6 Å². The Kier molecular flexibility index (Phi) is 13.8. The van der Waals surface area contributed by atoms with Crippen LogP contribution in [-0.4, -0.2) is 67.6 Å². The number of carbonyl (C=O) groups excluding carboxylic acids is 3. The van der Waals surface area contributed by atoms with Crippen LogP contribution in [0.1, 0.15) is 76.0 Å². The highest BCUT2D eigenvalue weighted by Crippen LogP contribution is 2.34. The Morgan fingerprint density at radius 1 is 0.980 bits per heavy atom. The van der Waals surface area contributed by atoms with Gasteiger partial charge >= 0.3 is 11.9 Å². The highest BCUT2D eigenvalue weighted by Gasteiger charge is 2.33. The number of Topliss-reactive ketones (excluding diaryl/α,β-unsaturated/α-hetero) is 1. The zero-order valence-electron chi connectivity index (χ0n) is 29.1. The molecule has 0 spiro atoms. The first-order valence-electron chi connectivity index (χ1n) is 15.7. The number of ether oxygens (including phenoxy) is 3. The summed E-state index contributed by atoms with van der Waals surface area (Å²) in [6.45, 7) is 10.3. The summed E-state index contributed by atoms with van der Waals surface area (Å²) in [5, 5.41) is 5.84. The predicted octanol–water partition coefficient (Wildman–Crippen LogP) is 5.34. The molecule has 16 heteroatoms. The number of halogens is 1. The molecule has 0 radical (unpaired) electrons. The van der Waals surface area contributed by atoms with Crippen LogP contribution in [0.5, 0.6) is 5.75 Å². The number of thiocarbonyl (C=S) groups is 1. The van der Waals surface area contributed by atoms with Crippen LogP contribution in [0.15, 0.2) is 52.9 Å². The van der Waals surface area contributed by atoms with E-state index in [1.165, 1.54) is 24.8 Å². The molecule has 0 fully saturated rings. The fraction of sp³-hybridized carbons (Fsp3) is 0.441. The van der Waals surface area contributed by atoms with Crippen molar-refractivity contribution in [2.45, 2.75) is 83.4 Å². The minimum Gasteiger partial charge on any atom is -0.497 e. The third-order valence-corrected chi connectivity index (χ3v) is 9.56. The Labute approximate surface area is 301 Å². The topological polar surface area (TPSA) is 153 Å². The van der Waals surface area contributed by atoms with Crippen molar-refractivity contribution in [2.24, 2.45) is 0 Å². The Hall–Kier alpha value is -4.15. The molecule has 2 aromatic carbocycles. The zero-order chi connectivity index (χ0) is 37.3. The number of hydrogen-bond donors (Lipinski definition) is 2. The first-order chi connectivity index (χ1) is 23.3. The molecule has 2 N–H and O–H groups in total. The van der Waals surface area contributed by atoms with E-state index >= 15 is 4.39 Å². The van der Waals surface area contributed by atoms with E-state index in [4.69, 9.17) is 26.4 Å². The van der Waals surface area contributed by atoms with Crippen LogP contribution in [0.2, 0.25) is 0 Å². The Balaban J connectivity index is 1.73. The fourth-order valence-electron chi connectivity index (χ4n) is 4.35. The van der Waals surface area contributed by atoms with Gasteiger partial charge in [0.1, 0.15) is 27.8 Å². The van der Waals surface area contributed by atoms with Crippen LogP contribution in [0, 0.1) is 5.82 Å². The van der Waals surface area contributed by atoms with E-state index in [-0.39, 0.29) is 53.3 Å². The number of thiazole rings is 1. The molecule has 1 heterocycles. The number of sulfonamides is 1. The van der Waals surface area contributed by atoms with Crippen molar-refractivity contribution in [2.75, 3.05) is 24.5 Å². The largest absolute Gasteiger partial charge is 0.497 e. The quantitative estimate of drug-likeness (QED) is 0.117. The second-order valence-corrected chi connectivity index (χ2v) is 16.2. The number of carbonyl (C=O) groups is 3. The average Bonchev–Trinajstić information content (AvgIpc) is 3.50. The van der Waals surface area contributed by atoms with Gasteiger partial charge in [0.2, 0.25) is 0 Å². The monoisotopic (exact) mass is 750 g/mol. The summed E-state index contributed by atoms with van der Waals surface area (Å²) >= 11 is 6.10. The van der Waals surface area contributed by atoms with Crippen LogP contribution >= 0.6 is 23.6 Å². The number of aromatic nitrogens is 1. The fourth-order valence-corrected chi connectivity index (χ4v) is 7.00. The highest BCUT2D eigenvalue weighted by atomic mass is 32.2. The number of methoxy groups -OCH3 is 1. The van der Waals surface area contributed by atoms with E-state index < -0.39 is 43.7 Å². The molecule has 0 aliphatic heterocycles. The van der Waals surface area contributed by atoms with Crippen molar-refractivity contribution in [3.05, 3.63) is 70.6 Å². The molecular weight excluding hydrogens is 708 g/mol. The number of anilines is 1. The number of hydrogen-bond acceptors (Lipinski definition) is 11. The van der Waals surface area contributed by atoms with Gasteiger partial charge in [-0.2, -0.15) is 0 Å². The standard InChI is InChI=1S/C34H43FN4O8S3/c1-33(2,3)46-28(41)9-8-16-36-32(48)37-19-24(40)17-23-12-15-26(18-27(23)35)50(43,44)39(20-22-10-13-25(45-7)14-11-22)30-29(38-21-49-30)31(42)47-34(4,5)6/h10-15,18,21H,8-9,16-17,19-20H2,1-7H3,(H2,36,37,48). The summed E-state index contributed by atoms with van der Waals surface area (Å²) in [5.41, 5.74) is 0.244. The maximum atomic E-state index is 15.4. The van der Waals surface area contributed by atoms with Crippen molar-refractivity contribution in [3.63, 3.8) is 0 Å². The summed E-state index contributed by atoms with van der Waals surface area (Å²) in [6.07, 6.45) is 0.340. The van der Waals surface area contributed by atoms with Crippen LogP contribution < -0.4 is 19.7 Å². The van der Waals surface area contributed by atoms with Gasteiger partial charge in [0, 0.05) is 19.4 Å². The Morgan fingerprint density at radius 2 is 1.64 bits per heavy atom. The normalized spacial score (nSPS) is 11.8. The zero-order valence-corrected chi connectivity index (χ0v) is 31.6. The highest BCUT2D eigenvalue weighted by molar-refractivity contribution is 7.93. The van der Waals surface area contributed by atoms with E-state index in [0.717, 1.165) is 21.7 Å². The molecule has 0 unspecified atom stereocenters. The van der Waals surface area contributed by atoms with Gasteiger partial charge in [0.15, 0.2) is 16.6 Å². The molecule has 3 rings (SSSR count). The van der Waals surface area contributed by atoms with Crippen LogP contribution in [-0.2, 0) is 42.1 Å². The van der Waals surface area contributed by atoms with Crippen LogP contribution in [0.4, 0.5) is 9.39 Å². The number of esters is 2. The summed E-state index contributed by atoms with van der Waals surface area (Å²) in [5.74, 6) is -1.87. The second kappa shape index (κ2) is 17.2. The van der Waals surface area contributed by atoms with E-state index in [1.807, 2.05) is 0 Å². The molecule has 12 nitrogen and oxygen atoms in total. The van der Waals surface area contributed by atoms with Crippen molar-refractivity contribution in [3.8, 4) is 5.75 Å². The van der Waals surface area contributed by atoms with Crippen LogP contribution in [0.3, 0.4) is 0 Å². The molecule has 0 bridgehead atoms. The molecule has 0 atom stereocenters.